The normalized spacial score (nSPS) is 14.5. The molecule has 1 aliphatic rings. The third kappa shape index (κ3) is 5.30. The van der Waals surface area contributed by atoms with Gasteiger partial charge in [-0.2, -0.15) is 5.10 Å². The van der Waals surface area contributed by atoms with E-state index in [1.165, 1.54) is 24.6 Å². The molecular weight excluding hydrogens is 386 g/mol. The highest BCUT2D eigenvalue weighted by molar-refractivity contribution is 7.92. The quantitative estimate of drug-likeness (QED) is 0.731. The first-order chi connectivity index (χ1) is 12.9. The number of nitrogens with one attached hydrogen (secondary N) is 2. The molecule has 2 aromatic carbocycles. The van der Waals surface area contributed by atoms with Crippen molar-refractivity contribution < 1.29 is 13.2 Å². The second kappa shape index (κ2) is 8.54. The van der Waals surface area contributed by atoms with Crippen molar-refractivity contribution in [2.45, 2.75) is 37.0 Å². The Bertz CT molecular complexity index is 948. The van der Waals surface area contributed by atoms with Crippen LogP contribution >= 0.6 is 11.6 Å². The van der Waals surface area contributed by atoms with Crippen LogP contribution in [0.5, 0.6) is 0 Å². The van der Waals surface area contributed by atoms with Crippen LogP contribution in [0.2, 0.25) is 5.02 Å². The van der Waals surface area contributed by atoms with Gasteiger partial charge in [0.2, 0.25) is 0 Å². The molecule has 1 aliphatic carbocycles. The van der Waals surface area contributed by atoms with Crippen molar-refractivity contribution in [1.82, 2.24) is 5.43 Å². The molecule has 2 aromatic rings. The fourth-order valence-electron chi connectivity index (χ4n) is 2.80. The average molecular weight is 406 g/mol. The number of carbonyl (C=O) groups excluding carboxylic acids is 1. The van der Waals surface area contributed by atoms with Crippen LogP contribution in [-0.2, 0) is 10.0 Å². The molecule has 8 heteroatoms. The largest absolute Gasteiger partial charge is 0.280 e. The van der Waals surface area contributed by atoms with Gasteiger partial charge in [-0.15, -0.1) is 0 Å². The summed E-state index contributed by atoms with van der Waals surface area (Å²) in [6.45, 7) is 0. The topological polar surface area (TPSA) is 87.6 Å². The van der Waals surface area contributed by atoms with Crippen LogP contribution in [0.15, 0.2) is 58.5 Å². The molecule has 0 atom stereocenters. The number of carbonyl (C=O) groups is 1. The summed E-state index contributed by atoms with van der Waals surface area (Å²) in [7, 11) is -3.83. The zero-order valence-corrected chi connectivity index (χ0v) is 16.2. The Morgan fingerprint density at radius 2 is 1.70 bits per heavy atom. The van der Waals surface area contributed by atoms with Gasteiger partial charge in [-0.05, 0) is 68.1 Å². The molecule has 0 radical (unpaired) electrons. The lowest BCUT2D eigenvalue weighted by atomic mass is 9.99. The van der Waals surface area contributed by atoms with Crippen molar-refractivity contribution in [3.05, 3.63) is 59.1 Å². The van der Waals surface area contributed by atoms with Gasteiger partial charge in [-0.3, -0.25) is 9.52 Å². The lowest BCUT2D eigenvalue weighted by Gasteiger charge is -2.12. The highest BCUT2D eigenvalue weighted by atomic mass is 35.5. The fourth-order valence-corrected chi connectivity index (χ4v) is 4.03. The number of anilines is 1. The van der Waals surface area contributed by atoms with E-state index in [0.717, 1.165) is 31.4 Å². The first-order valence-corrected chi connectivity index (χ1v) is 10.5. The predicted octanol–water partition coefficient (Wildman–Crippen LogP) is 4.19. The summed E-state index contributed by atoms with van der Waals surface area (Å²) in [6, 6.07) is 12.2. The second-order valence-electron chi connectivity index (χ2n) is 6.32. The average Bonchev–Trinajstić information content (AvgIpc) is 2.68. The Hall–Kier alpha value is -2.38. The van der Waals surface area contributed by atoms with E-state index >= 15 is 0 Å². The number of halogens is 1. The third-order valence-corrected chi connectivity index (χ3v) is 5.88. The Morgan fingerprint density at radius 3 is 2.41 bits per heavy atom. The van der Waals surface area contributed by atoms with Crippen LogP contribution in [0.25, 0.3) is 0 Å². The molecule has 3 rings (SSSR count). The number of rotatable bonds is 5. The summed E-state index contributed by atoms with van der Waals surface area (Å²) in [5, 5.41) is 4.68. The molecule has 0 unspecified atom stereocenters. The van der Waals surface area contributed by atoms with Gasteiger partial charge in [0.05, 0.1) is 4.90 Å². The molecule has 2 N–H and O–H groups in total. The van der Waals surface area contributed by atoms with Crippen molar-refractivity contribution in [3.63, 3.8) is 0 Å². The molecular formula is C19H20ClN3O3S. The molecule has 0 aromatic heterocycles. The van der Waals surface area contributed by atoms with Gasteiger partial charge in [0.15, 0.2) is 0 Å². The summed E-state index contributed by atoms with van der Waals surface area (Å²) < 4.78 is 27.6. The van der Waals surface area contributed by atoms with Gasteiger partial charge >= 0.3 is 0 Å². The molecule has 0 aliphatic heterocycles. The molecule has 1 amide bonds. The second-order valence-corrected chi connectivity index (χ2v) is 8.44. The monoisotopic (exact) mass is 405 g/mol. The minimum atomic E-state index is -3.83. The Kier molecular flexibility index (Phi) is 6.13. The number of benzene rings is 2. The van der Waals surface area contributed by atoms with Crippen molar-refractivity contribution >= 4 is 38.9 Å². The number of nitrogens with zero attached hydrogens (tertiary/aromatic N) is 1. The molecule has 0 bridgehead atoms. The van der Waals surface area contributed by atoms with Crippen LogP contribution in [-0.4, -0.2) is 20.0 Å². The molecule has 1 saturated carbocycles. The van der Waals surface area contributed by atoms with Crippen LogP contribution in [0, 0.1) is 0 Å². The van der Waals surface area contributed by atoms with E-state index in [1.807, 2.05) is 0 Å². The Morgan fingerprint density at radius 1 is 1.00 bits per heavy atom. The third-order valence-electron chi connectivity index (χ3n) is 4.25. The van der Waals surface area contributed by atoms with Gasteiger partial charge in [0.1, 0.15) is 0 Å². The number of sulfonamides is 1. The van der Waals surface area contributed by atoms with E-state index in [4.69, 9.17) is 11.6 Å². The van der Waals surface area contributed by atoms with Gasteiger partial charge < -0.3 is 0 Å². The number of amides is 1. The maximum atomic E-state index is 12.6. The van der Waals surface area contributed by atoms with Crippen molar-refractivity contribution in [3.8, 4) is 0 Å². The van der Waals surface area contributed by atoms with Crippen molar-refractivity contribution in [1.29, 1.82) is 0 Å². The maximum absolute atomic E-state index is 12.6. The van der Waals surface area contributed by atoms with Crippen LogP contribution in [0.3, 0.4) is 0 Å². The van der Waals surface area contributed by atoms with E-state index in [-0.39, 0.29) is 10.5 Å². The molecule has 0 spiro atoms. The predicted molar refractivity (Wildman–Crippen MR) is 107 cm³/mol. The lowest BCUT2D eigenvalue weighted by Crippen LogP contribution is -2.21. The van der Waals surface area contributed by atoms with E-state index < -0.39 is 15.9 Å². The summed E-state index contributed by atoms with van der Waals surface area (Å²) in [6.07, 6.45) is 5.13. The van der Waals surface area contributed by atoms with Gasteiger partial charge in [0.25, 0.3) is 15.9 Å². The number of hydrogen-bond acceptors (Lipinski definition) is 4. The zero-order chi connectivity index (χ0) is 19.3. The minimum absolute atomic E-state index is 0.00424. The summed E-state index contributed by atoms with van der Waals surface area (Å²) in [4.78, 5) is 12.3. The molecule has 6 nitrogen and oxygen atoms in total. The van der Waals surface area contributed by atoms with Gasteiger partial charge in [-0.1, -0.05) is 24.1 Å². The van der Waals surface area contributed by atoms with E-state index in [2.05, 4.69) is 15.2 Å². The Labute approximate surface area is 163 Å². The van der Waals surface area contributed by atoms with Crippen LogP contribution in [0.1, 0.15) is 42.5 Å². The van der Waals surface area contributed by atoms with E-state index in [1.54, 1.807) is 30.3 Å². The Balaban J connectivity index is 1.73. The van der Waals surface area contributed by atoms with Crippen LogP contribution in [0.4, 0.5) is 5.69 Å². The summed E-state index contributed by atoms with van der Waals surface area (Å²) in [5.41, 5.74) is 4.11. The lowest BCUT2D eigenvalue weighted by molar-refractivity contribution is 0.0954. The van der Waals surface area contributed by atoms with Gasteiger partial charge in [-0.25, -0.2) is 13.8 Å². The number of hydrazone groups is 1. The first kappa shape index (κ1) is 19.4. The summed E-state index contributed by atoms with van der Waals surface area (Å²) >= 11 is 5.81. The SMILES string of the molecule is O=C(NN=C1CCCCC1)c1cccc(S(=O)(=O)Nc2ccc(Cl)cc2)c1. The summed E-state index contributed by atoms with van der Waals surface area (Å²) in [5.74, 6) is -0.434. The molecule has 0 heterocycles. The molecule has 0 saturated heterocycles. The highest BCUT2D eigenvalue weighted by Gasteiger charge is 2.17. The van der Waals surface area contributed by atoms with Crippen LogP contribution < -0.4 is 10.1 Å². The smallest absolute Gasteiger partial charge is 0.271 e. The van der Waals surface area contributed by atoms with E-state index in [0.29, 0.717) is 10.7 Å². The minimum Gasteiger partial charge on any atom is -0.280 e. The molecule has 142 valence electrons. The highest BCUT2D eigenvalue weighted by Crippen LogP contribution is 2.19. The van der Waals surface area contributed by atoms with Crippen molar-refractivity contribution in [2.75, 3.05) is 4.72 Å². The number of hydrogen-bond donors (Lipinski definition) is 2. The maximum Gasteiger partial charge on any atom is 0.271 e. The standard InChI is InChI=1S/C19H20ClN3O3S/c20-15-9-11-17(12-10-15)23-27(25,26)18-8-4-5-14(13-18)19(24)22-21-16-6-2-1-3-7-16/h4-5,8-13,23H,1-3,6-7H2,(H,22,24). The van der Waals surface area contributed by atoms with Gasteiger partial charge in [0, 0.05) is 22.0 Å². The molecule has 1 fully saturated rings. The van der Waals surface area contributed by atoms with E-state index in [9.17, 15) is 13.2 Å². The molecule has 27 heavy (non-hydrogen) atoms. The van der Waals surface area contributed by atoms with Crippen molar-refractivity contribution in [2.24, 2.45) is 5.10 Å². The fraction of sp³-hybridized carbons (Fsp3) is 0.263. The zero-order valence-electron chi connectivity index (χ0n) is 14.6. The first-order valence-electron chi connectivity index (χ1n) is 8.68.